The molecule has 1 aromatic heterocycles. The maximum atomic E-state index is 11.8. The third-order valence-corrected chi connectivity index (χ3v) is 3.74. The monoisotopic (exact) mass is 338 g/mol. The fourth-order valence-electron chi connectivity index (χ4n) is 2.61. The van der Waals surface area contributed by atoms with Crippen LogP contribution >= 0.6 is 0 Å². The Kier molecular flexibility index (Phi) is 5.40. The van der Waals surface area contributed by atoms with Crippen LogP contribution in [-0.2, 0) is 9.53 Å². The number of carbonyl (C=O) groups is 2. The number of nitrogens with zero attached hydrogens (tertiary/aromatic N) is 2. The first-order valence-electron chi connectivity index (χ1n) is 7.70. The molecule has 6 heteroatoms. The number of aryl methyl sites for hydroxylation is 1. The van der Waals surface area contributed by atoms with Gasteiger partial charge in [0.25, 0.3) is 0 Å². The van der Waals surface area contributed by atoms with Crippen LogP contribution in [0.25, 0.3) is 11.8 Å². The van der Waals surface area contributed by atoms with Crippen molar-refractivity contribution in [2.75, 3.05) is 6.61 Å². The quantitative estimate of drug-likeness (QED) is 0.513. The molecule has 2 rings (SSSR count). The number of hydrogen-bond acceptors (Lipinski definition) is 4. The Labute approximate surface area is 145 Å². The zero-order valence-electron chi connectivity index (χ0n) is 14.2. The summed E-state index contributed by atoms with van der Waals surface area (Å²) in [7, 11) is 0. The summed E-state index contributed by atoms with van der Waals surface area (Å²) in [5.41, 5.74) is 3.14. The van der Waals surface area contributed by atoms with E-state index in [0.29, 0.717) is 11.3 Å². The van der Waals surface area contributed by atoms with Crippen molar-refractivity contribution in [1.29, 1.82) is 5.26 Å². The van der Waals surface area contributed by atoms with Crippen LogP contribution in [0.4, 0.5) is 0 Å². The maximum Gasteiger partial charge on any atom is 0.348 e. The highest BCUT2D eigenvalue weighted by Crippen LogP contribution is 2.23. The summed E-state index contributed by atoms with van der Waals surface area (Å²) in [6.45, 7) is 5.58. The van der Waals surface area contributed by atoms with Crippen molar-refractivity contribution >= 4 is 18.0 Å². The van der Waals surface area contributed by atoms with Crippen LogP contribution < -0.4 is 0 Å². The third kappa shape index (κ3) is 3.78. The van der Waals surface area contributed by atoms with Crippen molar-refractivity contribution < 1.29 is 19.4 Å². The molecule has 1 N–H and O–H groups in total. The van der Waals surface area contributed by atoms with E-state index in [0.717, 1.165) is 11.4 Å². The van der Waals surface area contributed by atoms with Crippen molar-refractivity contribution in [2.45, 2.75) is 20.8 Å². The van der Waals surface area contributed by atoms with Gasteiger partial charge in [0.2, 0.25) is 0 Å². The predicted molar refractivity (Wildman–Crippen MR) is 92.4 cm³/mol. The van der Waals surface area contributed by atoms with Crippen LogP contribution in [0.1, 0.15) is 34.2 Å². The SMILES string of the molecule is CCOC(=O)/C(C#N)=C/c1cc(C)n(-c2cccc(C(=O)O)c2)c1C. The first-order valence-corrected chi connectivity index (χ1v) is 7.70. The summed E-state index contributed by atoms with van der Waals surface area (Å²) in [4.78, 5) is 23.0. The normalized spacial score (nSPS) is 11.0. The van der Waals surface area contributed by atoms with Gasteiger partial charge < -0.3 is 14.4 Å². The second-order valence-corrected chi connectivity index (χ2v) is 5.41. The van der Waals surface area contributed by atoms with E-state index in [-0.39, 0.29) is 17.7 Å². The van der Waals surface area contributed by atoms with Crippen molar-refractivity contribution in [1.82, 2.24) is 4.57 Å². The molecule has 1 heterocycles. The average Bonchev–Trinajstić information content (AvgIpc) is 2.86. The van der Waals surface area contributed by atoms with Crippen LogP contribution in [0.3, 0.4) is 0 Å². The molecule has 0 saturated carbocycles. The molecule has 0 spiro atoms. The summed E-state index contributed by atoms with van der Waals surface area (Å²) in [6.07, 6.45) is 1.48. The molecular weight excluding hydrogens is 320 g/mol. The molecule has 0 unspecified atom stereocenters. The fraction of sp³-hybridized carbons (Fsp3) is 0.211. The molecule has 2 aromatic rings. The Hall–Kier alpha value is -3.33. The molecule has 0 radical (unpaired) electrons. The molecule has 1 aromatic carbocycles. The lowest BCUT2D eigenvalue weighted by Gasteiger charge is -2.10. The van der Waals surface area contributed by atoms with Gasteiger partial charge >= 0.3 is 11.9 Å². The Morgan fingerprint density at radius 1 is 1.32 bits per heavy atom. The highest BCUT2D eigenvalue weighted by Gasteiger charge is 2.15. The van der Waals surface area contributed by atoms with Gasteiger partial charge in [-0.25, -0.2) is 9.59 Å². The van der Waals surface area contributed by atoms with E-state index in [9.17, 15) is 14.9 Å². The zero-order chi connectivity index (χ0) is 18.6. The smallest absolute Gasteiger partial charge is 0.348 e. The molecule has 25 heavy (non-hydrogen) atoms. The lowest BCUT2D eigenvalue weighted by Crippen LogP contribution is -2.06. The highest BCUT2D eigenvalue weighted by molar-refractivity contribution is 5.98. The summed E-state index contributed by atoms with van der Waals surface area (Å²) in [5, 5.41) is 18.3. The van der Waals surface area contributed by atoms with Gasteiger partial charge in [0.15, 0.2) is 0 Å². The maximum absolute atomic E-state index is 11.8. The van der Waals surface area contributed by atoms with Crippen LogP contribution in [0.15, 0.2) is 35.9 Å². The molecule has 0 amide bonds. The van der Waals surface area contributed by atoms with Gasteiger partial charge in [-0.15, -0.1) is 0 Å². The summed E-state index contributed by atoms with van der Waals surface area (Å²) in [6, 6.07) is 10.3. The largest absolute Gasteiger partial charge is 0.478 e. The number of carbonyl (C=O) groups excluding carboxylic acids is 1. The van der Waals surface area contributed by atoms with Crippen molar-refractivity contribution in [3.05, 3.63) is 58.4 Å². The third-order valence-electron chi connectivity index (χ3n) is 3.74. The number of carboxylic acids is 1. The van der Waals surface area contributed by atoms with E-state index in [1.54, 1.807) is 25.1 Å². The standard InChI is InChI=1S/C19H18N2O4/c1-4-25-19(24)16(11-20)9-15-8-12(2)21(13(15)3)17-7-5-6-14(10-17)18(22)23/h5-10H,4H2,1-3H3,(H,22,23)/b16-9+. The highest BCUT2D eigenvalue weighted by atomic mass is 16.5. The number of hydrogen-bond donors (Lipinski definition) is 1. The minimum atomic E-state index is -1.00. The fourth-order valence-corrected chi connectivity index (χ4v) is 2.61. The number of nitriles is 1. The van der Waals surface area contributed by atoms with Gasteiger partial charge in [0.05, 0.1) is 12.2 Å². The molecule has 0 saturated heterocycles. The van der Waals surface area contributed by atoms with E-state index in [4.69, 9.17) is 9.84 Å². The average molecular weight is 338 g/mol. The van der Waals surface area contributed by atoms with Crippen LogP contribution in [-0.4, -0.2) is 28.2 Å². The minimum Gasteiger partial charge on any atom is -0.478 e. The molecule has 0 aliphatic carbocycles. The van der Waals surface area contributed by atoms with Gasteiger partial charge in [-0.05, 0) is 56.7 Å². The van der Waals surface area contributed by atoms with Crippen LogP contribution in [0.2, 0.25) is 0 Å². The molecule has 0 aliphatic rings. The number of ether oxygens (including phenoxy) is 1. The van der Waals surface area contributed by atoms with E-state index in [2.05, 4.69) is 0 Å². The Bertz CT molecular complexity index is 901. The van der Waals surface area contributed by atoms with Crippen molar-refractivity contribution in [3.63, 3.8) is 0 Å². The van der Waals surface area contributed by atoms with Crippen molar-refractivity contribution in [3.8, 4) is 11.8 Å². The number of aromatic carboxylic acids is 1. The lowest BCUT2D eigenvalue weighted by molar-refractivity contribution is -0.137. The van der Waals surface area contributed by atoms with Gasteiger partial charge in [-0.1, -0.05) is 6.07 Å². The number of carboxylic acid groups (broad SMARTS) is 1. The molecule has 0 bridgehead atoms. The van der Waals surface area contributed by atoms with Crippen LogP contribution in [0, 0.1) is 25.2 Å². The van der Waals surface area contributed by atoms with Crippen LogP contribution in [0.5, 0.6) is 0 Å². The molecule has 0 atom stereocenters. The van der Waals surface area contributed by atoms with Gasteiger partial charge in [-0.3, -0.25) is 0 Å². The predicted octanol–water partition coefficient (Wildman–Crippen LogP) is 3.26. The molecule has 128 valence electrons. The van der Waals surface area contributed by atoms with Crippen molar-refractivity contribution in [2.24, 2.45) is 0 Å². The van der Waals surface area contributed by atoms with E-state index in [1.807, 2.05) is 30.6 Å². The Morgan fingerprint density at radius 3 is 2.64 bits per heavy atom. The second-order valence-electron chi connectivity index (χ2n) is 5.41. The number of benzene rings is 1. The van der Waals surface area contributed by atoms with E-state index in [1.165, 1.54) is 12.1 Å². The minimum absolute atomic E-state index is 0.0820. The van der Waals surface area contributed by atoms with Gasteiger partial charge in [0.1, 0.15) is 11.6 Å². The van der Waals surface area contributed by atoms with Gasteiger partial charge in [0, 0.05) is 17.1 Å². The lowest BCUT2D eigenvalue weighted by atomic mass is 10.1. The molecule has 0 aliphatic heterocycles. The Balaban J connectivity index is 2.52. The molecular formula is C19H18N2O4. The number of esters is 1. The first kappa shape index (κ1) is 18.0. The topological polar surface area (TPSA) is 92.3 Å². The molecule has 6 nitrogen and oxygen atoms in total. The first-order chi connectivity index (χ1) is 11.9. The summed E-state index contributed by atoms with van der Waals surface area (Å²) in [5.74, 6) is -1.67. The summed E-state index contributed by atoms with van der Waals surface area (Å²) >= 11 is 0. The summed E-state index contributed by atoms with van der Waals surface area (Å²) < 4.78 is 6.74. The zero-order valence-corrected chi connectivity index (χ0v) is 14.2. The van der Waals surface area contributed by atoms with E-state index >= 15 is 0 Å². The second kappa shape index (κ2) is 7.49. The number of rotatable bonds is 5. The Morgan fingerprint density at radius 2 is 2.04 bits per heavy atom. The molecule has 0 fully saturated rings. The number of aromatic nitrogens is 1. The van der Waals surface area contributed by atoms with Gasteiger partial charge in [-0.2, -0.15) is 5.26 Å². The van der Waals surface area contributed by atoms with E-state index < -0.39 is 11.9 Å².